The third-order valence-electron chi connectivity index (χ3n) is 3.01. The number of hydrogen-bond acceptors (Lipinski definition) is 5. The van der Waals surface area contributed by atoms with E-state index in [1.165, 1.54) is 0 Å². The molecule has 0 amide bonds. The van der Waals surface area contributed by atoms with Crippen LogP contribution in [-0.2, 0) is 11.0 Å². The Kier molecular flexibility index (Phi) is 7.33. The SMILES string of the molecule is O=C(CSc1ccc(C(F)(F)F)cc1[N+](=O)[O-])Oc1c(Br)cc(Br)cc1Br. The minimum atomic E-state index is -4.70. The highest BCUT2D eigenvalue weighted by atomic mass is 79.9. The van der Waals surface area contributed by atoms with Gasteiger partial charge in [0.25, 0.3) is 5.69 Å². The van der Waals surface area contributed by atoms with E-state index in [0.29, 0.717) is 26.8 Å². The third kappa shape index (κ3) is 5.93. The van der Waals surface area contributed by atoms with Crippen molar-refractivity contribution < 1.29 is 27.6 Å². The van der Waals surface area contributed by atoms with Gasteiger partial charge in [-0.2, -0.15) is 13.2 Å². The van der Waals surface area contributed by atoms with E-state index in [2.05, 4.69) is 47.8 Å². The molecule has 27 heavy (non-hydrogen) atoms. The van der Waals surface area contributed by atoms with Gasteiger partial charge < -0.3 is 4.74 Å². The molecule has 0 aliphatic carbocycles. The standard InChI is InChI=1S/C15H7Br3F3NO4S/c16-8-4-9(17)14(10(18)5-8)26-13(23)6-27-12-2-1-7(15(19,20)21)3-11(12)22(24)25/h1-5H,6H2. The lowest BCUT2D eigenvalue weighted by Gasteiger charge is -2.10. The van der Waals surface area contributed by atoms with Crippen molar-refractivity contribution >= 4 is 71.2 Å². The van der Waals surface area contributed by atoms with Crippen molar-refractivity contribution in [1.29, 1.82) is 0 Å². The second-order valence-electron chi connectivity index (χ2n) is 4.90. The van der Waals surface area contributed by atoms with Crippen molar-refractivity contribution in [1.82, 2.24) is 0 Å². The molecule has 0 fully saturated rings. The van der Waals surface area contributed by atoms with Gasteiger partial charge in [-0.05, 0) is 56.1 Å². The lowest BCUT2D eigenvalue weighted by atomic mass is 10.2. The van der Waals surface area contributed by atoms with Crippen LogP contribution < -0.4 is 4.74 Å². The van der Waals surface area contributed by atoms with Crippen LogP contribution in [0.15, 0.2) is 48.6 Å². The van der Waals surface area contributed by atoms with Crippen LogP contribution in [0.3, 0.4) is 0 Å². The maximum atomic E-state index is 12.7. The zero-order valence-corrected chi connectivity index (χ0v) is 18.4. The van der Waals surface area contributed by atoms with E-state index in [1.54, 1.807) is 12.1 Å². The number of nitro groups is 1. The lowest BCUT2D eigenvalue weighted by Crippen LogP contribution is -2.12. The van der Waals surface area contributed by atoms with E-state index in [1.807, 2.05) is 0 Å². The fraction of sp³-hybridized carbons (Fsp3) is 0.133. The molecule has 2 aromatic carbocycles. The quantitative estimate of drug-likeness (QED) is 0.128. The summed E-state index contributed by atoms with van der Waals surface area (Å²) in [4.78, 5) is 22.1. The minimum absolute atomic E-state index is 0.0705. The van der Waals surface area contributed by atoms with Crippen molar-refractivity contribution in [3.8, 4) is 5.75 Å². The summed E-state index contributed by atoms with van der Waals surface area (Å²) in [6.45, 7) is 0. The van der Waals surface area contributed by atoms with Gasteiger partial charge in [0.05, 0.1) is 30.1 Å². The highest BCUT2D eigenvalue weighted by Gasteiger charge is 2.33. The van der Waals surface area contributed by atoms with Crippen LogP contribution in [0.1, 0.15) is 5.56 Å². The summed E-state index contributed by atoms with van der Waals surface area (Å²) in [7, 11) is 0. The molecule has 2 rings (SSSR count). The summed E-state index contributed by atoms with van der Waals surface area (Å²) in [5.41, 5.74) is -1.86. The first-order chi connectivity index (χ1) is 12.5. The second-order valence-corrected chi connectivity index (χ2v) is 8.54. The number of benzene rings is 2. The summed E-state index contributed by atoms with van der Waals surface area (Å²) in [6.07, 6.45) is -4.70. The number of halogens is 6. The number of alkyl halides is 3. The van der Waals surface area contributed by atoms with Gasteiger partial charge in [-0.3, -0.25) is 14.9 Å². The van der Waals surface area contributed by atoms with Crippen molar-refractivity contribution in [2.45, 2.75) is 11.1 Å². The zero-order chi connectivity index (χ0) is 20.4. The Hall–Kier alpha value is -1.11. The summed E-state index contributed by atoms with van der Waals surface area (Å²) >= 11 is 10.5. The summed E-state index contributed by atoms with van der Waals surface area (Å²) in [5.74, 6) is -0.843. The van der Waals surface area contributed by atoms with Crippen LogP contribution in [0.5, 0.6) is 5.75 Å². The first-order valence-corrected chi connectivity index (χ1v) is 10.2. The van der Waals surface area contributed by atoms with Gasteiger partial charge in [0.2, 0.25) is 0 Å². The van der Waals surface area contributed by atoms with Crippen LogP contribution in [-0.4, -0.2) is 16.6 Å². The molecule has 2 aromatic rings. The maximum absolute atomic E-state index is 12.7. The van der Waals surface area contributed by atoms with Crippen LogP contribution >= 0.6 is 59.6 Å². The number of rotatable bonds is 5. The fourth-order valence-corrected chi connectivity index (χ4v) is 5.06. The normalized spacial score (nSPS) is 11.3. The molecule has 0 unspecified atom stereocenters. The summed E-state index contributed by atoms with van der Waals surface area (Å²) in [5, 5.41) is 11.0. The highest BCUT2D eigenvalue weighted by molar-refractivity contribution is 9.11. The van der Waals surface area contributed by atoms with Crippen LogP contribution in [0.2, 0.25) is 0 Å². The molecule has 0 atom stereocenters. The Bertz CT molecular complexity index is 885. The Morgan fingerprint density at radius 3 is 2.26 bits per heavy atom. The van der Waals surface area contributed by atoms with Crippen molar-refractivity contribution in [3.63, 3.8) is 0 Å². The number of carbonyl (C=O) groups is 1. The van der Waals surface area contributed by atoms with Gasteiger partial charge in [-0.15, -0.1) is 11.8 Å². The number of esters is 1. The van der Waals surface area contributed by atoms with Crippen molar-refractivity contribution in [3.05, 3.63) is 59.4 Å². The fourth-order valence-electron chi connectivity index (χ4n) is 1.86. The molecule has 5 nitrogen and oxygen atoms in total. The first kappa shape index (κ1) is 22.2. The topological polar surface area (TPSA) is 69.4 Å². The van der Waals surface area contributed by atoms with Crippen molar-refractivity contribution in [2.24, 2.45) is 0 Å². The Balaban J connectivity index is 2.14. The van der Waals surface area contributed by atoms with Crippen molar-refractivity contribution in [2.75, 3.05) is 5.75 Å². The van der Waals surface area contributed by atoms with E-state index >= 15 is 0 Å². The molecule has 0 aliphatic rings. The predicted octanol–water partition coefficient (Wildman–Crippen LogP) is 6.60. The molecule has 0 spiro atoms. The molecule has 0 bridgehead atoms. The van der Waals surface area contributed by atoms with E-state index in [9.17, 15) is 28.1 Å². The molecule has 0 heterocycles. The number of nitro benzene ring substituents is 1. The van der Waals surface area contributed by atoms with Gasteiger partial charge in [0, 0.05) is 10.5 Å². The molecule has 0 aromatic heterocycles. The van der Waals surface area contributed by atoms with Crippen LogP contribution in [0.4, 0.5) is 18.9 Å². The number of nitrogens with zero attached hydrogens (tertiary/aromatic N) is 1. The van der Waals surface area contributed by atoms with Crippen LogP contribution in [0.25, 0.3) is 0 Å². The van der Waals surface area contributed by atoms with E-state index in [4.69, 9.17) is 4.74 Å². The average molecular weight is 594 g/mol. The smallest absolute Gasteiger partial charge is 0.416 e. The molecular formula is C15H7Br3F3NO4S. The van der Waals surface area contributed by atoms with E-state index in [0.717, 1.165) is 16.6 Å². The molecule has 0 radical (unpaired) electrons. The number of thioether (sulfide) groups is 1. The van der Waals surface area contributed by atoms with Gasteiger partial charge in [-0.25, -0.2) is 0 Å². The highest BCUT2D eigenvalue weighted by Crippen LogP contribution is 2.38. The largest absolute Gasteiger partial charge is 0.423 e. The third-order valence-corrected chi connectivity index (χ3v) is 5.68. The number of ether oxygens (including phenoxy) is 1. The maximum Gasteiger partial charge on any atom is 0.416 e. The van der Waals surface area contributed by atoms with E-state index in [-0.39, 0.29) is 16.4 Å². The van der Waals surface area contributed by atoms with Gasteiger partial charge in [-0.1, -0.05) is 15.9 Å². The predicted molar refractivity (Wildman–Crippen MR) is 104 cm³/mol. The zero-order valence-electron chi connectivity index (χ0n) is 12.9. The minimum Gasteiger partial charge on any atom is -0.423 e. The molecule has 0 saturated carbocycles. The Morgan fingerprint density at radius 2 is 1.74 bits per heavy atom. The number of carbonyl (C=O) groups excluding carboxylic acids is 1. The number of hydrogen-bond donors (Lipinski definition) is 0. The molecular weight excluding hydrogens is 587 g/mol. The second kappa shape index (κ2) is 8.93. The lowest BCUT2D eigenvalue weighted by molar-refractivity contribution is -0.388. The Morgan fingerprint density at radius 1 is 1.15 bits per heavy atom. The monoisotopic (exact) mass is 591 g/mol. The van der Waals surface area contributed by atoms with Crippen LogP contribution in [0, 0.1) is 10.1 Å². The average Bonchev–Trinajstić information content (AvgIpc) is 2.55. The summed E-state index contributed by atoms with van der Waals surface area (Å²) < 4.78 is 45.0. The van der Waals surface area contributed by atoms with E-state index < -0.39 is 28.3 Å². The van der Waals surface area contributed by atoms with Gasteiger partial charge in [0.1, 0.15) is 0 Å². The Labute approximate surface area is 180 Å². The molecule has 0 N–H and O–H groups in total. The molecule has 0 aliphatic heterocycles. The van der Waals surface area contributed by atoms with Gasteiger partial charge in [0.15, 0.2) is 5.75 Å². The molecule has 144 valence electrons. The molecule has 0 saturated heterocycles. The van der Waals surface area contributed by atoms with Gasteiger partial charge >= 0.3 is 12.1 Å². The molecule has 12 heteroatoms. The first-order valence-electron chi connectivity index (χ1n) is 6.82. The summed E-state index contributed by atoms with van der Waals surface area (Å²) in [6, 6.07) is 5.44.